The summed E-state index contributed by atoms with van der Waals surface area (Å²) in [5.41, 5.74) is -0.389. The largest absolute Gasteiger partial charge is 0.481 e. The first-order chi connectivity index (χ1) is 8.63. The molecule has 0 rings (SSSR count). The van der Waals surface area contributed by atoms with Gasteiger partial charge in [-0.2, -0.15) is 0 Å². The van der Waals surface area contributed by atoms with Crippen LogP contribution in [-0.4, -0.2) is 27.9 Å². The van der Waals surface area contributed by atoms with Crippen LogP contribution in [0.3, 0.4) is 0 Å². The van der Waals surface area contributed by atoms with E-state index >= 15 is 0 Å². The number of carbonyl (C=O) groups excluding carboxylic acids is 1. The molecule has 0 saturated heterocycles. The fourth-order valence-corrected chi connectivity index (χ4v) is 1.81. The Bertz CT molecular complexity index is 345. The molecule has 1 unspecified atom stereocenters. The molecule has 0 saturated carbocycles. The molecule has 4 nitrogen and oxygen atoms in total. The van der Waals surface area contributed by atoms with Gasteiger partial charge in [-0.25, -0.2) is 0 Å². The number of carbonyl (C=O) groups is 2. The van der Waals surface area contributed by atoms with Crippen LogP contribution < -0.4 is 0 Å². The van der Waals surface area contributed by atoms with Crippen LogP contribution in [0.4, 0.5) is 0 Å². The molecule has 0 aromatic heterocycles. The first kappa shape index (κ1) is 19.8. The zero-order valence-electron chi connectivity index (χ0n) is 13.0. The van der Waals surface area contributed by atoms with E-state index in [2.05, 4.69) is 13.2 Å². The summed E-state index contributed by atoms with van der Waals surface area (Å²) in [6, 6.07) is -0.232. The molecule has 0 bridgehead atoms. The third-order valence-electron chi connectivity index (χ3n) is 2.71. The first-order valence-electron chi connectivity index (χ1n) is 6.48. The van der Waals surface area contributed by atoms with Gasteiger partial charge in [0.05, 0.1) is 5.41 Å². The quantitative estimate of drug-likeness (QED) is 0.751. The minimum absolute atomic E-state index is 0.163. The summed E-state index contributed by atoms with van der Waals surface area (Å²) < 4.78 is 0. The maximum absolute atomic E-state index is 11.5. The van der Waals surface area contributed by atoms with E-state index in [1.807, 2.05) is 13.8 Å². The normalized spacial score (nSPS) is 11.7. The Kier molecular flexibility index (Phi) is 8.85. The highest BCUT2D eigenvalue weighted by Crippen LogP contribution is 2.26. The van der Waals surface area contributed by atoms with Gasteiger partial charge in [0, 0.05) is 18.7 Å². The number of carboxylic acids is 1. The topological polar surface area (TPSA) is 57.6 Å². The van der Waals surface area contributed by atoms with Crippen LogP contribution in [0.25, 0.3) is 0 Å². The summed E-state index contributed by atoms with van der Waals surface area (Å²) >= 11 is 0. The minimum atomic E-state index is -0.880. The lowest BCUT2D eigenvalue weighted by Crippen LogP contribution is -2.40. The average molecular weight is 269 g/mol. The number of hydrogen-bond donors (Lipinski definition) is 1. The molecule has 1 amide bonds. The van der Waals surface area contributed by atoms with Gasteiger partial charge in [-0.15, -0.1) is 0 Å². The summed E-state index contributed by atoms with van der Waals surface area (Å²) in [6.07, 6.45) is 1.85. The second-order valence-electron chi connectivity index (χ2n) is 4.83. The van der Waals surface area contributed by atoms with E-state index in [0.29, 0.717) is 12.1 Å². The van der Waals surface area contributed by atoms with Crippen molar-refractivity contribution in [2.24, 2.45) is 5.41 Å². The molecule has 0 aliphatic carbocycles. The summed E-state index contributed by atoms with van der Waals surface area (Å²) in [4.78, 5) is 24.0. The van der Waals surface area contributed by atoms with E-state index in [4.69, 9.17) is 5.11 Å². The summed E-state index contributed by atoms with van der Waals surface area (Å²) in [5.74, 6) is -1.04. The van der Waals surface area contributed by atoms with Crippen molar-refractivity contribution in [2.45, 2.75) is 54.0 Å². The van der Waals surface area contributed by atoms with E-state index in [-0.39, 0.29) is 11.9 Å². The number of amides is 1. The molecular weight excluding hydrogens is 242 g/mol. The van der Waals surface area contributed by atoms with Gasteiger partial charge >= 0.3 is 5.97 Å². The third-order valence-corrected chi connectivity index (χ3v) is 2.71. The van der Waals surface area contributed by atoms with Crippen molar-refractivity contribution in [2.75, 3.05) is 0 Å². The van der Waals surface area contributed by atoms with E-state index in [9.17, 15) is 9.59 Å². The lowest BCUT2D eigenvalue weighted by molar-refractivity contribution is -0.148. The number of allylic oxidation sites excluding steroid dienone is 1. The van der Waals surface area contributed by atoms with Gasteiger partial charge < -0.3 is 10.0 Å². The van der Waals surface area contributed by atoms with Crippen LogP contribution >= 0.6 is 0 Å². The van der Waals surface area contributed by atoms with Crippen molar-refractivity contribution in [3.05, 3.63) is 24.9 Å². The first-order valence-corrected chi connectivity index (χ1v) is 6.48. The zero-order valence-corrected chi connectivity index (χ0v) is 13.0. The molecule has 0 fully saturated rings. The number of hydrogen-bond acceptors (Lipinski definition) is 2. The number of aliphatic carboxylic acids is 1. The molecular formula is C15H27NO3. The van der Waals surface area contributed by atoms with Crippen LogP contribution in [0.2, 0.25) is 0 Å². The molecule has 0 aromatic rings. The van der Waals surface area contributed by atoms with Crippen LogP contribution in [0.5, 0.6) is 0 Å². The highest BCUT2D eigenvalue weighted by atomic mass is 16.4. The van der Waals surface area contributed by atoms with E-state index < -0.39 is 11.4 Å². The van der Waals surface area contributed by atoms with Crippen molar-refractivity contribution in [1.29, 1.82) is 0 Å². The summed E-state index contributed by atoms with van der Waals surface area (Å²) in [5, 5.41) is 9.06. The number of nitrogens with zero attached hydrogens (tertiary/aromatic N) is 1. The fraction of sp³-hybridized carbons (Fsp3) is 0.600. The number of rotatable bonds is 6. The molecule has 1 atom stereocenters. The summed E-state index contributed by atoms with van der Waals surface area (Å²) in [7, 11) is 0. The second kappa shape index (κ2) is 8.51. The van der Waals surface area contributed by atoms with Gasteiger partial charge in [0.1, 0.15) is 0 Å². The number of carboxylic acid groups (broad SMARTS) is 1. The van der Waals surface area contributed by atoms with E-state index in [0.717, 1.165) is 0 Å². The molecule has 0 aliphatic heterocycles. The van der Waals surface area contributed by atoms with Crippen LogP contribution in [0, 0.1) is 5.41 Å². The molecule has 0 aromatic carbocycles. The Labute approximate surface area is 116 Å². The van der Waals surface area contributed by atoms with Crippen LogP contribution in [-0.2, 0) is 9.59 Å². The molecule has 110 valence electrons. The lowest BCUT2D eigenvalue weighted by Gasteiger charge is -2.32. The Morgan fingerprint density at radius 1 is 1.37 bits per heavy atom. The predicted molar refractivity (Wildman–Crippen MR) is 78.7 cm³/mol. The highest BCUT2D eigenvalue weighted by Gasteiger charge is 2.32. The predicted octanol–water partition coefficient (Wildman–Crippen LogP) is 3.45. The SMILES string of the molecule is C=CC(=C)N(C(C)=O)C(C)CC(C)(C)C(=O)O.CC. The fourth-order valence-electron chi connectivity index (χ4n) is 1.81. The van der Waals surface area contributed by atoms with Crippen molar-refractivity contribution < 1.29 is 14.7 Å². The van der Waals surface area contributed by atoms with Crippen molar-refractivity contribution >= 4 is 11.9 Å². The third kappa shape index (κ3) is 6.22. The van der Waals surface area contributed by atoms with Gasteiger partial charge in [-0.05, 0) is 33.3 Å². The Morgan fingerprint density at radius 2 is 1.79 bits per heavy atom. The Morgan fingerprint density at radius 3 is 2.05 bits per heavy atom. The van der Waals surface area contributed by atoms with E-state index in [1.165, 1.54) is 17.9 Å². The van der Waals surface area contributed by atoms with Crippen molar-refractivity contribution in [1.82, 2.24) is 4.90 Å². The highest BCUT2D eigenvalue weighted by molar-refractivity contribution is 5.77. The van der Waals surface area contributed by atoms with Crippen molar-refractivity contribution in [3.8, 4) is 0 Å². The molecule has 0 heterocycles. The summed E-state index contributed by atoms with van der Waals surface area (Å²) in [6.45, 7) is 17.8. The van der Waals surface area contributed by atoms with Gasteiger partial charge in [0.25, 0.3) is 0 Å². The molecule has 19 heavy (non-hydrogen) atoms. The monoisotopic (exact) mass is 269 g/mol. The van der Waals surface area contributed by atoms with Gasteiger partial charge in [-0.3, -0.25) is 9.59 Å². The molecule has 1 N–H and O–H groups in total. The maximum Gasteiger partial charge on any atom is 0.309 e. The van der Waals surface area contributed by atoms with Crippen LogP contribution in [0.15, 0.2) is 24.9 Å². The minimum Gasteiger partial charge on any atom is -0.481 e. The van der Waals surface area contributed by atoms with Gasteiger partial charge in [-0.1, -0.05) is 27.0 Å². The second-order valence-corrected chi connectivity index (χ2v) is 4.83. The van der Waals surface area contributed by atoms with E-state index in [1.54, 1.807) is 20.8 Å². The van der Waals surface area contributed by atoms with Gasteiger partial charge in [0.15, 0.2) is 0 Å². The van der Waals surface area contributed by atoms with Crippen LogP contribution in [0.1, 0.15) is 48.0 Å². The molecule has 4 heteroatoms. The maximum atomic E-state index is 11.5. The Hall–Kier alpha value is -1.58. The molecule has 0 aliphatic rings. The molecule has 0 radical (unpaired) electrons. The average Bonchev–Trinajstić information content (AvgIpc) is 2.30. The molecule has 0 spiro atoms. The smallest absolute Gasteiger partial charge is 0.309 e. The lowest BCUT2D eigenvalue weighted by atomic mass is 9.85. The van der Waals surface area contributed by atoms with Gasteiger partial charge in [0.2, 0.25) is 5.91 Å². The standard InChI is InChI=1S/C13H21NO3.C2H6/c1-7-9(2)14(11(4)15)10(3)8-13(5,6)12(16)17;1-2/h7,10H,1-2,8H2,3-6H3,(H,16,17);1-2H3. The van der Waals surface area contributed by atoms with Crippen molar-refractivity contribution in [3.63, 3.8) is 0 Å². The Balaban J connectivity index is 0. The zero-order chi connectivity index (χ0) is 15.8.